The average molecular weight is 594 g/mol. The SMILES string of the molecule is C=CC1CC1(NC(=O)[C@@H]1C[C@@H](OCc2ccc3ccccc3c2)CN1C(=O)[C@@H](NC(=O)OC(C)(C)C)C(C)(C)C)C(=O)O. The Labute approximate surface area is 252 Å². The molecule has 0 spiro atoms. The van der Waals surface area contributed by atoms with Crippen molar-refractivity contribution >= 4 is 34.6 Å². The molecule has 2 aromatic rings. The third-order valence-corrected chi connectivity index (χ3v) is 7.95. The number of nitrogens with zero attached hydrogens (tertiary/aromatic N) is 1. The van der Waals surface area contributed by atoms with Crippen molar-refractivity contribution in [1.82, 2.24) is 15.5 Å². The van der Waals surface area contributed by atoms with E-state index in [9.17, 15) is 24.3 Å². The fourth-order valence-electron chi connectivity index (χ4n) is 5.51. The molecule has 1 saturated carbocycles. The van der Waals surface area contributed by atoms with Crippen LogP contribution < -0.4 is 10.6 Å². The lowest BCUT2D eigenvalue weighted by Crippen LogP contribution is -2.59. The summed E-state index contributed by atoms with van der Waals surface area (Å²) in [5.74, 6) is -2.61. The van der Waals surface area contributed by atoms with Crippen LogP contribution in [0.3, 0.4) is 0 Å². The van der Waals surface area contributed by atoms with E-state index in [0.717, 1.165) is 16.3 Å². The maximum absolute atomic E-state index is 14.1. The van der Waals surface area contributed by atoms with Crippen molar-refractivity contribution in [3.05, 3.63) is 60.7 Å². The number of alkyl carbamates (subject to hydrolysis) is 1. The van der Waals surface area contributed by atoms with E-state index in [0.29, 0.717) is 0 Å². The van der Waals surface area contributed by atoms with Gasteiger partial charge in [-0.3, -0.25) is 9.59 Å². The Morgan fingerprint density at radius 3 is 2.35 bits per heavy atom. The van der Waals surface area contributed by atoms with Gasteiger partial charge in [0, 0.05) is 18.9 Å². The molecule has 43 heavy (non-hydrogen) atoms. The zero-order valence-electron chi connectivity index (χ0n) is 25.8. The van der Waals surface area contributed by atoms with Crippen molar-refractivity contribution in [2.45, 2.75) is 90.3 Å². The monoisotopic (exact) mass is 593 g/mol. The predicted octanol–water partition coefficient (Wildman–Crippen LogP) is 4.41. The Morgan fingerprint density at radius 1 is 1.09 bits per heavy atom. The molecule has 4 rings (SSSR count). The van der Waals surface area contributed by atoms with Crippen LogP contribution in [0.2, 0.25) is 0 Å². The van der Waals surface area contributed by atoms with Gasteiger partial charge in [-0.25, -0.2) is 9.59 Å². The summed E-state index contributed by atoms with van der Waals surface area (Å²) in [5, 5.41) is 17.4. The minimum Gasteiger partial charge on any atom is -0.479 e. The number of benzene rings is 2. The zero-order chi connectivity index (χ0) is 31.7. The summed E-state index contributed by atoms with van der Waals surface area (Å²) in [6.45, 7) is 14.7. The topological polar surface area (TPSA) is 134 Å². The van der Waals surface area contributed by atoms with Crippen molar-refractivity contribution in [3.63, 3.8) is 0 Å². The molecule has 2 fully saturated rings. The Hall–Kier alpha value is -3.92. The smallest absolute Gasteiger partial charge is 0.408 e. The fraction of sp³-hybridized carbons (Fsp3) is 0.515. The van der Waals surface area contributed by atoms with Crippen LogP contribution in [0.25, 0.3) is 10.8 Å². The number of likely N-dealkylation sites (tertiary alicyclic amines) is 1. The van der Waals surface area contributed by atoms with Crippen molar-refractivity contribution in [1.29, 1.82) is 0 Å². The molecule has 3 amide bonds. The number of aliphatic carboxylic acids is 1. The van der Waals surface area contributed by atoms with E-state index in [1.54, 1.807) is 20.8 Å². The quantitative estimate of drug-likeness (QED) is 0.367. The minimum atomic E-state index is -1.45. The molecule has 2 aliphatic rings. The van der Waals surface area contributed by atoms with Gasteiger partial charge in [0.05, 0.1) is 12.7 Å². The van der Waals surface area contributed by atoms with Crippen LogP contribution in [0, 0.1) is 11.3 Å². The van der Waals surface area contributed by atoms with Gasteiger partial charge < -0.3 is 30.1 Å². The number of carboxylic acids is 1. The van der Waals surface area contributed by atoms with Gasteiger partial charge >= 0.3 is 12.1 Å². The number of hydrogen-bond acceptors (Lipinski definition) is 6. The van der Waals surface area contributed by atoms with Crippen LogP contribution in [0.4, 0.5) is 4.79 Å². The van der Waals surface area contributed by atoms with E-state index in [2.05, 4.69) is 17.2 Å². The average Bonchev–Trinajstić information content (AvgIpc) is 3.47. The Kier molecular flexibility index (Phi) is 8.92. The van der Waals surface area contributed by atoms with Gasteiger partial charge in [0.25, 0.3) is 0 Å². The van der Waals surface area contributed by atoms with Crippen LogP contribution in [0.5, 0.6) is 0 Å². The highest BCUT2D eigenvalue weighted by Gasteiger charge is 2.61. The number of amides is 3. The minimum absolute atomic E-state index is 0.0953. The molecule has 0 radical (unpaired) electrons. The normalized spacial score (nSPS) is 24.2. The largest absolute Gasteiger partial charge is 0.479 e. The lowest BCUT2D eigenvalue weighted by molar-refractivity contribution is -0.146. The van der Waals surface area contributed by atoms with E-state index in [4.69, 9.17) is 9.47 Å². The molecule has 1 heterocycles. The van der Waals surface area contributed by atoms with Gasteiger partial charge in [-0.2, -0.15) is 0 Å². The van der Waals surface area contributed by atoms with Crippen LogP contribution in [-0.2, 0) is 30.5 Å². The third kappa shape index (κ3) is 7.36. The molecular formula is C33H43N3O7. The summed E-state index contributed by atoms with van der Waals surface area (Å²) in [6, 6.07) is 12.0. The molecule has 232 valence electrons. The van der Waals surface area contributed by atoms with Crippen molar-refractivity contribution in [2.24, 2.45) is 11.3 Å². The van der Waals surface area contributed by atoms with Gasteiger partial charge in [-0.15, -0.1) is 6.58 Å². The second-order valence-corrected chi connectivity index (χ2v) is 13.6. The number of hydrogen-bond donors (Lipinski definition) is 3. The first-order chi connectivity index (χ1) is 20.0. The summed E-state index contributed by atoms with van der Waals surface area (Å²) in [7, 11) is 0. The van der Waals surface area contributed by atoms with Gasteiger partial charge in [0.15, 0.2) is 0 Å². The van der Waals surface area contributed by atoms with Gasteiger partial charge in [0.2, 0.25) is 11.8 Å². The van der Waals surface area contributed by atoms with Crippen molar-refractivity contribution < 1.29 is 33.8 Å². The van der Waals surface area contributed by atoms with Gasteiger partial charge in [-0.05, 0) is 55.0 Å². The fourth-order valence-corrected chi connectivity index (χ4v) is 5.51. The Balaban J connectivity index is 1.56. The summed E-state index contributed by atoms with van der Waals surface area (Å²) in [5.41, 5.74) is -2.01. The maximum Gasteiger partial charge on any atom is 0.408 e. The number of nitrogens with one attached hydrogen (secondary N) is 2. The van der Waals surface area contributed by atoms with E-state index < -0.39 is 64.5 Å². The van der Waals surface area contributed by atoms with Crippen LogP contribution in [0.15, 0.2) is 55.1 Å². The highest BCUT2D eigenvalue weighted by molar-refractivity contribution is 5.96. The van der Waals surface area contributed by atoms with Crippen LogP contribution in [0.1, 0.15) is 59.9 Å². The highest BCUT2D eigenvalue weighted by Crippen LogP contribution is 2.45. The number of fused-ring (bicyclic) bond motifs is 1. The van der Waals surface area contributed by atoms with E-state index >= 15 is 0 Å². The van der Waals surface area contributed by atoms with E-state index in [1.807, 2.05) is 63.2 Å². The molecule has 0 bridgehead atoms. The van der Waals surface area contributed by atoms with Gasteiger partial charge in [0.1, 0.15) is 23.2 Å². The summed E-state index contributed by atoms with van der Waals surface area (Å²) in [4.78, 5) is 54.0. The molecule has 0 aromatic heterocycles. The summed E-state index contributed by atoms with van der Waals surface area (Å²) in [6.07, 6.45) is 0.667. The summed E-state index contributed by atoms with van der Waals surface area (Å²) < 4.78 is 11.6. The van der Waals surface area contributed by atoms with Gasteiger partial charge in [-0.1, -0.05) is 63.2 Å². The molecule has 1 saturated heterocycles. The van der Waals surface area contributed by atoms with Crippen molar-refractivity contribution in [3.8, 4) is 0 Å². The molecular weight excluding hydrogens is 550 g/mol. The summed E-state index contributed by atoms with van der Waals surface area (Å²) >= 11 is 0. The molecule has 2 aromatic carbocycles. The number of rotatable bonds is 9. The van der Waals surface area contributed by atoms with E-state index in [-0.39, 0.29) is 26.0 Å². The lowest BCUT2D eigenvalue weighted by atomic mass is 9.85. The number of carboxylic acid groups (broad SMARTS) is 1. The molecule has 3 N–H and O–H groups in total. The van der Waals surface area contributed by atoms with Crippen molar-refractivity contribution in [2.75, 3.05) is 6.54 Å². The highest BCUT2D eigenvalue weighted by atomic mass is 16.6. The first-order valence-electron chi connectivity index (χ1n) is 14.6. The molecule has 5 atom stereocenters. The standard InChI is InChI=1S/C33H43N3O7/c1-8-23-17-33(23,29(39)40)35-27(37)25-16-24(42-19-20-13-14-21-11-9-10-12-22(21)15-20)18-36(25)28(38)26(31(2,3)4)34-30(41)43-32(5,6)7/h8-15,23-26H,1,16-19H2,2-7H3,(H,34,41)(H,35,37)(H,39,40)/t23?,24-,25+,26-,33?/m1/s1. The maximum atomic E-state index is 14.1. The Morgan fingerprint density at radius 2 is 1.77 bits per heavy atom. The zero-order valence-corrected chi connectivity index (χ0v) is 25.8. The number of carbonyl (C=O) groups excluding carboxylic acids is 3. The lowest BCUT2D eigenvalue weighted by Gasteiger charge is -2.36. The first-order valence-corrected chi connectivity index (χ1v) is 14.6. The molecule has 1 aliphatic heterocycles. The second kappa shape index (κ2) is 12.0. The molecule has 10 nitrogen and oxygen atoms in total. The molecule has 1 aliphatic carbocycles. The molecule has 10 heteroatoms. The predicted molar refractivity (Wildman–Crippen MR) is 162 cm³/mol. The second-order valence-electron chi connectivity index (χ2n) is 13.6. The Bertz CT molecular complexity index is 1410. The molecule has 2 unspecified atom stereocenters. The third-order valence-electron chi connectivity index (χ3n) is 7.95. The number of ether oxygens (including phenoxy) is 2. The van der Waals surface area contributed by atoms with E-state index in [1.165, 1.54) is 11.0 Å². The number of carbonyl (C=O) groups is 4. The first kappa shape index (κ1) is 32.0. The van der Waals surface area contributed by atoms with Crippen LogP contribution in [-0.4, -0.2) is 69.8 Å². The van der Waals surface area contributed by atoms with Crippen LogP contribution >= 0.6 is 0 Å².